The van der Waals surface area contributed by atoms with Gasteiger partial charge < -0.3 is 20.0 Å². The molecule has 0 unspecified atom stereocenters. The molecule has 1 aliphatic rings. The predicted molar refractivity (Wildman–Crippen MR) is 95.4 cm³/mol. The van der Waals surface area contributed by atoms with Crippen molar-refractivity contribution in [3.63, 3.8) is 0 Å². The van der Waals surface area contributed by atoms with Gasteiger partial charge in [-0.05, 0) is 43.4 Å². The Bertz CT molecular complexity index is 740. The topological polar surface area (TPSA) is 74.6 Å². The molecule has 1 aromatic heterocycles. The summed E-state index contributed by atoms with van der Waals surface area (Å²) in [5, 5.41) is 5.49. The van der Waals surface area contributed by atoms with Crippen molar-refractivity contribution in [3.8, 4) is 0 Å². The van der Waals surface area contributed by atoms with Crippen LogP contribution in [0.1, 0.15) is 29.6 Å². The first-order valence-corrected chi connectivity index (χ1v) is 8.74. The molecule has 0 bridgehead atoms. The van der Waals surface area contributed by atoms with Gasteiger partial charge in [0.2, 0.25) is 0 Å². The molecule has 1 aliphatic heterocycles. The second-order valence-electron chi connectivity index (χ2n) is 6.40. The standard InChI is InChI=1S/C19H22FN3O3/c20-16-3-1-2-4-17(16)22-19(25)23-10-6-14(7-11-23)5-9-21-18(24)15-8-12-26-13-15/h1-4,8,12-14H,5-7,9-11H2,(H,21,24)(H,22,25). The maximum Gasteiger partial charge on any atom is 0.321 e. The lowest BCUT2D eigenvalue weighted by atomic mass is 9.93. The number of likely N-dealkylation sites (tertiary alicyclic amines) is 1. The van der Waals surface area contributed by atoms with E-state index in [4.69, 9.17) is 4.42 Å². The minimum Gasteiger partial charge on any atom is -0.472 e. The van der Waals surface area contributed by atoms with Crippen LogP contribution in [0.5, 0.6) is 0 Å². The number of amides is 3. The van der Waals surface area contributed by atoms with Crippen LogP contribution in [0.2, 0.25) is 0 Å². The Labute approximate surface area is 151 Å². The molecule has 2 aromatic rings. The lowest BCUT2D eigenvalue weighted by molar-refractivity contribution is 0.0949. The fourth-order valence-corrected chi connectivity index (χ4v) is 3.07. The normalized spacial score (nSPS) is 14.9. The summed E-state index contributed by atoms with van der Waals surface area (Å²) in [6, 6.07) is 7.48. The molecule has 1 fully saturated rings. The van der Waals surface area contributed by atoms with Gasteiger partial charge in [0.1, 0.15) is 12.1 Å². The van der Waals surface area contributed by atoms with Gasteiger partial charge in [-0.25, -0.2) is 9.18 Å². The highest BCUT2D eigenvalue weighted by molar-refractivity contribution is 5.93. The molecule has 1 saturated heterocycles. The van der Waals surface area contributed by atoms with Crippen molar-refractivity contribution in [1.29, 1.82) is 0 Å². The fraction of sp³-hybridized carbons (Fsp3) is 0.368. The summed E-state index contributed by atoms with van der Waals surface area (Å²) in [6.07, 6.45) is 5.49. The first kappa shape index (κ1) is 18.0. The van der Waals surface area contributed by atoms with E-state index in [0.717, 1.165) is 19.3 Å². The summed E-state index contributed by atoms with van der Waals surface area (Å²) >= 11 is 0. The van der Waals surface area contributed by atoms with Gasteiger partial charge in [0.15, 0.2) is 0 Å². The Balaban J connectivity index is 1.38. The average Bonchev–Trinajstić information content (AvgIpc) is 3.19. The first-order chi connectivity index (χ1) is 12.6. The van der Waals surface area contributed by atoms with Gasteiger partial charge in [-0.15, -0.1) is 0 Å². The summed E-state index contributed by atoms with van der Waals surface area (Å²) in [5.41, 5.74) is 0.714. The number of anilines is 1. The SMILES string of the molecule is O=C(NCCC1CCN(C(=O)Nc2ccccc2F)CC1)c1ccoc1. The maximum atomic E-state index is 13.6. The molecule has 3 amide bonds. The zero-order valence-electron chi connectivity index (χ0n) is 14.4. The third-order valence-electron chi connectivity index (χ3n) is 4.64. The summed E-state index contributed by atoms with van der Waals surface area (Å²) < 4.78 is 18.5. The Morgan fingerprint density at radius 3 is 2.65 bits per heavy atom. The molecule has 138 valence electrons. The summed E-state index contributed by atoms with van der Waals surface area (Å²) in [5.74, 6) is -0.123. The highest BCUT2D eigenvalue weighted by Crippen LogP contribution is 2.21. The van der Waals surface area contributed by atoms with Crippen molar-refractivity contribution >= 4 is 17.6 Å². The minimum atomic E-state index is -0.441. The van der Waals surface area contributed by atoms with Gasteiger partial charge in [0, 0.05) is 19.6 Å². The molecular formula is C19H22FN3O3. The number of urea groups is 1. The third kappa shape index (κ3) is 4.62. The van der Waals surface area contributed by atoms with Crippen molar-refractivity contribution in [2.75, 3.05) is 25.0 Å². The maximum absolute atomic E-state index is 13.6. The van der Waals surface area contributed by atoms with Crippen LogP contribution >= 0.6 is 0 Å². The third-order valence-corrected chi connectivity index (χ3v) is 4.64. The zero-order chi connectivity index (χ0) is 18.4. The van der Waals surface area contributed by atoms with Crippen LogP contribution in [-0.2, 0) is 0 Å². The molecule has 0 radical (unpaired) electrons. The van der Waals surface area contributed by atoms with E-state index in [-0.39, 0.29) is 17.6 Å². The van der Waals surface area contributed by atoms with Crippen LogP contribution < -0.4 is 10.6 Å². The van der Waals surface area contributed by atoms with Crippen LogP contribution in [0, 0.1) is 11.7 Å². The monoisotopic (exact) mass is 359 g/mol. The smallest absolute Gasteiger partial charge is 0.321 e. The number of carbonyl (C=O) groups excluding carboxylic acids is 2. The Hall–Kier alpha value is -2.83. The van der Waals surface area contributed by atoms with Crippen LogP contribution in [0.15, 0.2) is 47.3 Å². The van der Waals surface area contributed by atoms with Crippen LogP contribution in [0.4, 0.5) is 14.9 Å². The second-order valence-corrected chi connectivity index (χ2v) is 6.40. The van der Waals surface area contributed by atoms with E-state index in [1.807, 2.05) is 0 Å². The average molecular weight is 359 g/mol. The number of piperidine rings is 1. The first-order valence-electron chi connectivity index (χ1n) is 8.74. The van der Waals surface area contributed by atoms with Gasteiger partial charge in [0.05, 0.1) is 17.5 Å². The lowest BCUT2D eigenvalue weighted by Crippen LogP contribution is -2.41. The van der Waals surface area contributed by atoms with Crippen molar-refractivity contribution in [2.24, 2.45) is 5.92 Å². The summed E-state index contributed by atoms with van der Waals surface area (Å²) in [7, 11) is 0. The number of furan rings is 1. The van der Waals surface area contributed by atoms with E-state index in [1.54, 1.807) is 29.2 Å². The predicted octanol–water partition coefficient (Wildman–Crippen LogP) is 3.48. The molecule has 0 saturated carbocycles. The molecule has 26 heavy (non-hydrogen) atoms. The highest BCUT2D eigenvalue weighted by Gasteiger charge is 2.23. The molecule has 7 heteroatoms. The number of nitrogens with zero attached hydrogens (tertiary/aromatic N) is 1. The van der Waals surface area contributed by atoms with Gasteiger partial charge in [-0.2, -0.15) is 0 Å². The number of para-hydroxylation sites is 1. The number of carbonyl (C=O) groups is 2. The zero-order valence-corrected chi connectivity index (χ0v) is 14.4. The van der Waals surface area contributed by atoms with Crippen LogP contribution in [0.3, 0.4) is 0 Å². The Morgan fingerprint density at radius 1 is 1.19 bits per heavy atom. The molecule has 3 rings (SSSR count). The van der Waals surface area contributed by atoms with E-state index in [9.17, 15) is 14.0 Å². The molecule has 6 nitrogen and oxygen atoms in total. The van der Waals surface area contributed by atoms with Crippen molar-refractivity contribution in [3.05, 3.63) is 54.2 Å². The van der Waals surface area contributed by atoms with Gasteiger partial charge >= 0.3 is 6.03 Å². The van der Waals surface area contributed by atoms with Gasteiger partial charge in [-0.1, -0.05) is 12.1 Å². The van der Waals surface area contributed by atoms with Crippen molar-refractivity contribution < 1.29 is 18.4 Å². The van der Waals surface area contributed by atoms with E-state index < -0.39 is 5.82 Å². The number of hydrogen-bond acceptors (Lipinski definition) is 3. The van der Waals surface area contributed by atoms with Crippen LogP contribution in [-0.4, -0.2) is 36.5 Å². The molecule has 0 aliphatic carbocycles. The molecule has 1 aromatic carbocycles. The lowest BCUT2D eigenvalue weighted by Gasteiger charge is -2.32. The molecule has 2 heterocycles. The van der Waals surface area contributed by atoms with E-state index >= 15 is 0 Å². The molecule has 0 spiro atoms. The number of rotatable bonds is 5. The summed E-state index contributed by atoms with van der Waals surface area (Å²) in [4.78, 5) is 25.8. The minimum absolute atomic E-state index is 0.138. The van der Waals surface area contributed by atoms with E-state index in [1.165, 1.54) is 18.6 Å². The number of benzene rings is 1. The number of halogens is 1. The van der Waals surface area contributed by atoms with Gasteiger partial charge in [-0.3, -0.25) is 4.79 Å². The molecular weight excluding hydrogens is 337 g/mol. The number of nitrogens with one attached hydrogen (secondary N) is 2. The van der Waals surface area contributed by atoms with E-state index in [0.29, 0.717) is 31.1 Å². The summed E-state index contributed by atoms with van der Waals surface area (Å²) in [6.45, 7) is 1.84. The second kappa shape index (κ2) is 8.51. The molecule has 0 atom stereocenters. The Morgan fingerprint density at radius 2 is 1.96 bits per heavy atom. The fourth-order valence-electron chi connectivity index (χ4n) is 3.07. The van der Waals surface area contributed by atoms with Crippen molar-refractivity contribution in [2.45, 2.75) is 19.3 Å². The highest BCUT2D eigenvalue weighted by atomic mass is 19.1. The van der Waals surface area contributed by atoms with E-state index in [2.05, 4.69) is 10.6 Å². The molecule has 2 N–H and O–H groups in total. The van der Waals surface area contributed by atoms with Gasteiger partial charge in [0.25, 0.3) is 5.91 Å². The quantitative estimate of drug-likeness (QED) is 0.858. The number of hydrogen-bond donors (Lipinski definition) is 2. The van der Waals surface area contributed by atoms with Crippen LogP contribution in [0.25, 0.3) is 0 Å². The largest absolute Gasteiger partial charge is 0.472 e. The van der Waals surface area contributed by atoms with Crippen molar-refractivity contribution in [1.82, 2.24) is 10.2 Å². The Kier molecular flexibility index (Phi) is 5.88.